The molecule has 0 saturated heterocycles. The van der Waals surface area contributed by atoms with E-state index in [2.05, 4.69) is 25.9 Å². The van der Waals surface area contributed by atoms with E-state index in [0.29, 0.717) is 12.2 Å². The second-order valence-corrected chi connectivity index (χ2v) is 5.20. The normalized spacial score (nSPS) is 10.7. The van der Waals surface area contributed by atoms with Crippen molar-refractivity contribution in [2.24, 2.45) is 0 Å². The third-order valence-electron chi connectivity index (χ3n) is 2.41. The van der Waals surface area contributed by atoms with E-state index in [-0.39, 0.29) is 5.56 Å². The van der Waals surface area contributed by atoms with Gasteiger partial charge < -0.3 is 4.98 Å². The molecule has 3 nitrogen and oxygen atoms in total. The number of nitrogens with one attached hydrogen (secondary N) is 1. The van der Waals surface area contributed by atoms with Crippen LogP contribution in [0.1, 0.15) is 18.2 Å². The molecule has 0 bridgehead atoms. The summed E-state index contributed by atoms with van der Waals surface area (Å²) in [5.74, 6) is 0.640. The fourth-order valence-electron chi connectivity index (χ4n) is 1.60. The molecule has 0 aliphatic carbocycles. The molecule has 16 heavy (non-hydrogen) atoms. The summed E-state index contributed by atoms with van der Waals surface area (Å²) in [4.78, 5) is 20.0. The lowest BCUT2D eigenvalue weighted by molar-refractivity contribution is 0.969. The number of aromatic nitrogens is 2. The van der Waals surface area contributed by atoms with Gasteiger partial charge in [-0.25, -0.2) is 4.98 Å². The van der Waals surface area contributed by atoms with Gasteiger partial charge in [0.05, 0.1) is 4.88 Å². The number of aromatic amines is 1. The quantitative estimate of drug-likeness (QED) is 0.926. The van der Waals surface area contributed by atoms with Crippen molar-refractivity contribution in [3.63, 3.8) is 0 Å². The van der Waals surface area contributed by atoms with Gasteiger partial charge in [0.2, 0.25) is 0 Å². The van der Waals surface area contributed by atoms with Crippen LogP contribution in [-0.4, -0.2) is 9.97 Å². The smallest absolute Gasteiger partial charge is 0.254 e. The minimum atomic E-state index is -0.0368. The molecule has 0 saturated carbocycles. The average molecular weight is 299 g/mol. The molecule has 1 N–H and O–H groups in total. The summed E-state index contributed by atoms with van der Waals surface area (Å²) in [6.07, 6.45) is 0.708. The van der Waals surface area contributed by atoms with Crippen molar-refractivity contribution in [3.05, 3.63) is 37.5 Å². The Balaban J connectivity index is 2.61. The van der Waals surface area contributed by atoms with Crippen molar-refractivity contribution in [1.29, 1.82) is 0 Å². The zero-order valence-electron chi connectivity index (χ0n) is 9.00. The number of halogens is 1. The fourth-order valence-corrected chi connectivity index (χ4v) is 3.10. The van der Waals surface area contributed by atoms with Crippen LogP contribution in [0.3, 0.4) is 0 Å². The first-order chi connectivity index (χ1) is 7.63. The summed E-state index contributed by atoms with van der Waals surface area (Å²) >= 11 is 4.99. The van der Waals surface area contributed by atoms with E-state index in [9.17, 15) is 4.79 Å². The summed E-state index contributed by atoms with van der Waals surface area (Å²) in [7, 11) is 0. The van der Waals surface area contributed by atoms with Gasteiger partial charge in [-0.15, -0.1) is 11.3 Å². The Bertz CT molecular complexity index is 574. The molecule has 2 heterocycles. The third kappa shape index (κ3) is 1.97. The van der Waals surface area contributed by atoms with Gasteiger partial charge in [0, 0.05) is 15.7 Å². The largest absolute Gasteiger partial charge is 0.306 e. The van der Waals surface area contributed by atoms with E-state index in [0.717, 1.165) is 20.6 Å². The number of hydrogen-bond donors (Lipinski definition) is 1. The van der Waals surface area contributed by atoms with Crippen molar-refractivity contribution >= 4 is 27.3 Å². The molecule has 0 atom stereocenters. The Kier molecular flexibility index (Phi) is 3.25. The van der Waals surface area contributed by atoms with E-state index in [1.807, 2.05) is 25.3 Å². The molecule has 2 rings (SSSR count). The van der Waals surface area contributed by atoms with Crippen LogP contribution in [0.5, 0.6) is 0 Å². The molecule has 0 aromatic carbocycles. The van der Waals surface area contributed by atoms with Crippen LogP contribution in [-0.2, 0) is 6.42 Å². The Morgan fingerprint density at radius 1 is 1.56 bits per heavy atom. The van der Waals surface area contributed by atoms with Gasteiger partial charge in [-0.2, -0.15) is 0 Å². The van der Waals surface area contributed by atoms with E-state index in [1.165, 1.54) is 0 Å². The molecule has 2 aromatic rings. The lowest BCUT2D eigenvalue weighted by Crippen LogP contribution is -2.16. The first kappa shape index (κ1) is 11.5. The molecular weight excluding hydrogens is 288 g/mol. The predicted molar refractivity (Wildman–Crippen MR) is 70.0 cm³/mol. The Labute approximate surface area is 106 Å². The van der Waals surface area contributed by atoms with Crippen molar-refractivity contribution < 1.29 is 0 Å². The summed E-state index contributed by atoms with van der Waals surface area (Å²) in [5.41, 5.74) is 1.53. The molecule has 0 aliphatic heterocycles. The van der Waals surface area contributed by atoms with Crippen molar-refractivity contribution in [3.8, 4) is 10.7 Å². The van der Waals surface area contributed by atoms with Crippen molar-refractivity contribution in [1.82, 2.24) is 9.97 Å². The first-order valence-corrected chi connectivity index (χ1v) is 6.64. The minimum Gasteiger partial charge on any atom is -0.306 e. The summed E-state index contributed by atoms with van der Waals surface area (Å²) in [6, 6.07) is 1.95. The first-order valence-electron chi connectivity index (χ1n) is 4.96. The summed E-state index contributed by atoms with van der Waals surface area (Å²) < 4.78 is 0.962. The molecule has 0 amide bonds. The number of hydrogen-bond acceptors (Lipinski definition) is 3. The van der Waals surface area contributed by atoms with E-state index in [1.54, 1.807) is 11.3 Å². The maximum absolute atomic E-state index is 11.8. The van der Waals surface area contributed by atoms with Crippen LogP contribution in [0.2, 0.25) is 0 Å². The maximum atomic E-state index is 11.8. The molecular formula is C11H11BrN2OS. The molecule has 0 radical (unpaired) electrons. The Morgan fingerprint density at radius 2 is 2.31 bits per heavy atom. The topological polar surface area (TPSA) is 45.8 Å². The van der Waals surface area contributed by atoms with Crippen LogP contribution in [0.25, 0.3) is 10.7 Å². The van der Waals surface area contributed by atoms with Crippen LogP contribution in [0.4, 0.5) is 0 Å². The van der Waals surface area contributed by atoms with Crippen molar-refractivity contribution in [2.45, 2.75) is 20.3 Å². The molecule has 2 aromatic heterocycles. The van der Waals surface area contributed by atoms with Crippen LogP contribution >= 0.6 is 27.3 Å². The van der Waals surface area contributed by atoms with Gasteiger partial charge in [-0.05, 0) is 40.7 Å². The highest BCUT2D eigenvalue weighted by Crippen LogP contribution is 2.30. The molecule has 0 aliphatic rings. The average Bonchev–Trinajstić information content (AvgIpc) is 2.64. The Morgan fingerprint density at radius 3 is 2.81 bits per heavy atom. The highest BCUT2D eigenvalue weighted by Gasteiger charge is 2.11. The van der Waals surface area contributed by atoms with Gasteiger partial charge >= 0.3 is 0 Å². The fraction of sp³-hybridized carbons (Fsp3) is 0.273. The minimum absolute atomic E-state index is 0.0368. The molecule has 5 heteroatoms. The number of nitrogens with zero attached hydrogens (tertiary/aromatic N) is 1. The number of rotatable bonds is 2. The summed E-state index contributed by atoms with van der Waals surface area (Å²) in [5, 5.41) is 1.96. The predicted octanol–water partition coefficient (Wildman–Crippen LogP) is 3.13. The van der Waals surface area contributed by atoms with Gasteiger partial charge in [0.25, 0.3) is 5.56 Å². The number of H-pyrrole nitrogens is 1. The standard InChI is InChI=1S/C11H11BrN2OS/c1-3-7-6(2)13-10(14-11(7)15)9-8(12)4-5-16-9/h4-5H,3H2,1-2H3,(H,13,14,15). The lowest BCUT2D eigenvalue weighted by atomic mass is 10.2. The Hall–Kier alpha value is -0.940. The summed E-state index contributed by atoms with van der Waals surface area (Å²) in [6.45, 7) is 3.83. The third-order valence-corrected chi connectivity index (χ3v) is 4.25. The number of aryl methyl sites for hydroxylation is 1. The zero-order chi connectivity index (χ0) is 11.7. The van der Waals surface area contributed by atoms with Crippen LogP contribution in [0.15, 0.2) is 20.7 Å². The van der Waals surface area contributed by atoms with Gasteiger partial charge in [0.15, 0.2) is 5.82 Å². The molecule has 0 spiro atoms. The van der Waals surface area contributed by atoms with Gasteiger partial charge in [0.1, 0.15) is 0 Å². The monoisotopic (exact) mass is 298 g/mol. The number of thiophene rings is 1. The van der Waals surface area contributed by atoms with E-state index >= 15 is 0 Å². The lowest BCUT2D eigenvalue weighted by Gasteiger charge is -2.04. The van der Waals surface area contributed by atoms with E-state index < -0.39 is 0 Å². The van der Waals surface area contributed by atoms with Gasteiger partial charge in [-0.1, -0.05) is 6.92 Å². The zero-order valence-corrected chi connectivity index (χ0v) is 11.4. The molecule has 0 unspecified atom stereocenters. The van der Waals surface area contributed by atoms with Gasteiger partial charge in [-0.3, -0.25) is 4.79 Å². The second-order valence-electron chi connectivity index (χ2n) is 3.43. The highest BCUT2D eigenvalue weighted by atomic mass is 79.9. The molecule has 84 valence electrons. The van der Waals surface area contributed by atoms with Crippen molar-refractivity contribution in [2.75, 3.05) is 0 Å². The highest BCUT2D eigenvalue weighted by molar-refractivity contribution is 9.10. The van der Waals surface area contributed by atoms with Crippen LogP contribution < -0.4 is 5.56 Å². The van der Waals surface area contributed by atoms with Crippen LogP contribution in [0, 0.1) is 6.92 Å². The second kappa shape index (κ2) is 4.51. The SMILES string of the molecule is CCc1c(C)nc(-c2sccc2Br)[nH]c1=O. The molecule has 0 fully saturated rings. The van der Waals surface area contributed by atoms with E-state index in [4.69, 9.17) is 0 Å². The maximum Gasteiger partial charge on any atom is 0.254 e.